The van der Waals surface area contributed by atoms with Crippen LogP contribution in [0.1, 0.15) is 0 Å². The number of benzene rings is 2. The summed E-state index contributed by atoms with van der Waals surface area (Å²) < 4.78 is 11.9. The van der Waals surface area contributed by atoms with Crippen molar-refractivity contribution in [3.05, 3.63) is 64.0 Å². The smallest absolute Gasteiger partial charge is 0.269 e. The highest BCUT2D eigenvalue weighted by atomic mass is 35.5. The number of H-pyrrole nitrogens is 1. The van der Waals surface area contributed by atoms with Crippen LogP contribution in [0.3, 0.4) is 0 Å². The van der Waals surface area contributed by atoms with E-state index in [4.69, 9.17) is 21.1 Å². The second-order valence-corrected chi connectivity index (χ2v) is 7.93. The van der Waals surface area contributed by atoms with Gasteiger partial charge < -0.3 is 14.8 Å². The first-order valence-electron chi connectivity index (χ1n) is 9.37. The van der Waals surface area contributed by atoms with Crippen LogP contribution in [0, 0.1) is 0 Å². The van der Waals surface area contributed by atoms with E-state index in [1.165, 1.54) is 17.9 Å². The van der Waals surface area contributed by atoms with Crippen LogP contribution in [0.15, 0.2) is 58.6 Å². The molecule has 0 aliphatic carbocycles. The molecule has 2 heterocycles. The Morgan fingerprint density at radius 3 is 2.69 bits per heavy atom. The molecule has 0 aliphatic rings. The molecule has 0 saturated heterocycles. The first-order chi connectivity index (χ1) is 15.5. The number of nitrogens with one attached hydrogen (secondary N) is 2. The van der Waals surface area contributed by atoms with Crippen LogP contribution in [0.2, 0.25) is 5.02 Å². The van der Waals surface area contributed by atoms with Crippen molar-refractivity contribution in [2.45, 2.75) is 5.16 Å². The second-order valence-electron chi connectivity index (χ2n) is 6.55. The lowest BCUT2D eigenvalue weighted by Gasteiger charge is -2.13. The van der Waals surface area contributed by atoms with Gasteiger partial charge in [-0.2, -0.15) is 5.10 Å². The molecule has 32 heavy (non-hydrogen) atoms. The second kappa shape index (κ2) is 9.33. The van der Waals surface area contributed by atoms with Crippen molar-refractivity contribution in [2.24, 2.45) is 0 Å². The van der Waals surface area contributed by atoms with Gasteiger partial charge in [-0.1, -0.05) is 23.4 Å². The van der Waals surface area contributed by atoms with E-state index in [1.54, 1.807) is 49.6 Å². The maximum absolute atomic E-state index is 13.1. The van der Waals surface area contributed by atoms with E-state index in [0.29, 0.717) is 44.1 Å². The van der Waals surface area contributed by atoms with Gasteiger partial charge in [0.25, 0.3) is 5.56 Å². The van der Waals surface area contributed by atoms with Crippen LogP contribution in [-0.2, 0) is 4.79 Å². The Morgan fingerprint density at radius 1 is 1.19 bits per heavy atom. The Balaban J connectivity index is 1.60. The highest BCUT2D eigenvalue weighted by molar-refractivity contribution is 7.99. The van der Waals surface area contributed by atoms with Crippen LogP contribution < -0.4 is 20.3 Å². The minimum atomic E-state index is -0.300. The molecule has 11 heteroatoms. The Morgan fingerprint density at radius 2 is 1.97 bits per heavy atom. The molecular formula is C21H18ClN5O4S. The van der Waals surface area contributed by atoms with Crippen molar-refractivity contribution in [1.82, 2.24) is 19.7 Å². The molecule has 4 rings (SSSR count). The number of ether oxygens (including phenoxy) is 2. The lowest BCUT2D eigenvalue weighted by molar-refractivity contribution is -0.113. The Labute approximate surface area is 191 Å². The molecule has 2 N–H and O–H groups in total. The van der Waals surface area contributed by atoms with E-state index in [-0.39, 0.29) is 17.2 Å². The first-order valence-corrected chi connectivity index (χ1v) is 10.7. The zero-order chi connectivity index (χ0) is 22.7. The Hall–Kier alpha value is -3.50. The van der Waals surface area contributed by atoms with E-state index in [9.17, 15) is 9.59 Å². The molecule has 0 saturated carbocycles. The number of hydrogen-bond acceptors (Lipinski definition) is 7. The van der Waals surface area contributed by atoms with Gasteiger partial charge in [-0.05, 0) is 36.4 Å². The third-order valence-electron chi connectivity index (χ3n) is 4.55. The summed E-state index contributed by atoms with van der Waals surface area (Å²) in [7, 11) is 3.06. The summed E-state index contributed by atoms with van der Waals surface area (Å²) in [5.74, 6) is 0.797. The Kier molecular flexibility index (Phi) is 6.33. The van der Waals surface area contributed by atoms with Crippen molar-refractivity contribution < 1.29 is 14.3 Å². The van der Waals surface area contributed by atoms with Crippen LogP contribution >= 0.6 is 23.4 Å². The van der Waals surface area contributed by atoms with Gasteiger partial charge in [0.2, 0.25) is 5.91 Å². The molecule has 0 fully saturated rings. The van der Waals surface area contributed by atoms with Gasteiger partial charge in [-0.15, -0.1) is 0 Å². The van der Waals surface area contributed by atoms with E-state index in [2.05, 4.69) is 20.5 Å². The first kappa shape index (κ1) is 21.7. The third kappa shape index (κ3) is 4.41. The fourth-order valence-electron chi connectivity index (χ4n) is 3.01. The fourth-order valence-corrected chi connectivity index (χ4v) is 3.94. The number of thioether (sulfide) groups is 1. The topological polar surface area (TPSA) is 111 Å². The number of aromatic amines is 1. The van der Waals surface area contributed by atoms with Crippen molar-refractivity contribution >= 4 is 46.0 Å². The van der Waals surface area contributed by atoms with E-state index in [1.807, 2.05) is 0 Å². The molecule has 0 aliphatic heterocycles. The molecule has 0 bridgehead atoms. The molecule has 0 radical (unpaired) electrons. The van der Waals surface area contributed by atoms with Crippen LogP contribution in [0.4, 0.5) is 5.69 Å². The van der Waals surface area contributed by atoms with Crippen molar-refractivity contribution in [3.63, 3.8) is 0 Å². The van der Waals surface area contributed by atoms with Gasteiger partial charge in [-0.25, -0.2) is 4.98 Å². The summed E-state index contributed by atoms with van der Waals surface area (Å²) in [6, 6.07) is 11.9. The van der Waals surface area contributed by atoms with Gasteiger partial charge in [0.1, 0.15) is 16.9 Å². The normalized spacial score (nSPS) is 10.8. The average molecular weight is 472 g/mol. The number of fused-ring (bicyclic) bond motifs is 1. The highest BCUT2D eigenvalue weighted by Gasteiger charge is 2.17. The van der Waals surface area contributed by atoms with Crippen LogP contribution in [0.25, 0.3) is 16.7 Å². The number of carbonyl (C=O) groups is 1. The fraction of sp³-hybridized carbons (Fsp3) is 0.143. The molecule has 1 amide bonds. The summed E-state index contributed by atoms with van der Waals surface area (Å²) in [5, 5.41) is 10.6. The number of aromatic nitrogens is 4. The lowest BCUT2D eigenvalue weighted by Crippen LogP contribution is -2.22. The van der Waals surface area contributed by atoms with Crippen molar-refractivity contribution in [1.29, 1.82) is 0 Å². The molecule has 0 atom stereocenters. The summed E-state index contributed by atoms with van der Waals surface area (Å²) in [5.41, 5.74) is 1.13. The monoisotopic (exact) mass is 471 g/mol. The summed E-state index contributed by atoms with van der Waals surface area (Å²) in [6.45, 7) is 0. The number of nitrogens with zero attached hydrogens (tertiary/aromatic N) is 3. The SMILES string of the molecule is COc1ccc(NC(=O)CSc2nc3[nH]ncc3c(=O)n2-c2ccc(Cl)cc2)c(OC)c1. The van der Waals surface area contributed by atoms with E-state index < -0.39 is 0 Å². The van der Waals surface area contributed by atoms with Gasteiger partial charge >= 0.3 is 0 Å². The predicted octanol–water partition coefficient (Wildman–Crippen LogP) is 3.51. The molecule has 164 valence electrons. The molecule has 2 aromatic heterocycles. The predicted molar refractivity (Wildman–Crippen MR) is 123 cm³/mol. The number of amides is 1. The summed E-state index contributed by atoms with van der Waals surface area (Å²) in [4.78, 5) is 30.2. The zero-order valence-electron chi connectivity index (χ0n) is 17.1. The van der Waals surface area contributed by atoms with Crippen molar-refractivity contribution in [2.75, 3.05) is 25.3 Å². The largest absolute Gasteiger partial charge is 0.497 e. The van der Waals surface area contributed by atoms with E-state index in [0.717, 1.165) is 11.8 Å². The number of halogens is 1. The molecule has 0 spiro atoms. The molecule has 9 nitrogen and oxygen atoms in total. The Bertz CT molecular complexity index is 1340. The zero-order valence-corrected chi connectivity index (χ0v) is 18.7. The average Bonchev–Trinajstić information content (AvgIpc) is 3.28. The molecule has 0 unspecified atom stereocenters. The van der Waals surface area contributed by atoms with Gasteiger partial charge in [0, 0.05) is 11.1 Å². The number of carbonyl (C=O) groups excluding carboxylic acids is 1. The lowest BCUT2D eigenvalue weighted by atomic mass is 10.2. The molecule has 4 aromatic rings. The maximum atomic E-state index is 13.1. The highest BCUT2D eigenvalue weighted by Crippen LogP contribution is 2.29. The summed E-state index contributed by atoms with van der Waals surface area (Å²) >= 11 is 7.11. The standard InChI is InChI=1S/C21H18ClN5O4S/c1-30-14-7-8-16(17(9-14)31-2)24-18(28)11-32-21-25-19-15(10-23-26-19)20(29)27(21)13-5-3-12(22)4-6-13/h3-10H,11H2,1-2H3,(H,23,26)(H,24,28). The molecule has 2 aromatic carbocycles. The number of rotatable bonds is 7. The summed E-state index contributed by atoms with van der Waals surface area (Å²) in [6.07, 6.45) is 1.42. The number of hydrogen-bond donors (Lipinski definition) is 2. The minimum Gasteiger partial charge on any atom is -0.497 e. The van der Waals surface area contributed by atoms with Crippen molar-refractivity contribution in [3.8, 4) is 17.2 Å². The number of anilines is 1. The third-order valence-corrected chi connectivity index (χ3v) is 5.74. The van der Waals surface area contributed by atoms with Crippen LogP contribution in [-0.4, -0.2) is 45.6 Å². The van der Waals surface area contributed by atoms with E-state index >= 15 is 0 Å². The molecular weight excluding hydrogens is 454 g/mol. The van der Waals surface area contributed by atoms with Gasteiger partial charge in [0.15, 0.2) is 10.8 Å². The maximum Gasteiger partial charge on any atom is 0.269 e. The minimum absolute atomic E-state index is 0.00879. The number of methoxy groups -OCH3 is 2. The quantitative estimate of drug-likeness (QED) is 0.313. The van der Waals surface area contributed by atoms with Gasteiger partial charge in [0.05, 0.1) is 37.5 Å². The van der Waals surface area contributed by atoms with Crippen LogP contribution in [0.5, 0.6) is 11.5 Å². The van der Waals surface area contributed by atoms with Gasteiger partial charge in [-0.3, -0.25) is 19.3 Å².